The van der Waals surface area contributed by atoms with Crippen molar-refractivity contribution < 1.29 is 22.7 Å². The first-order valence-electron chi connectivity index (χ1n) is 7.55. The standard InChI is InChI=1S/C18H13F3N2O3/c19-18(20,21)10-26-15-8-4-3-7-13(15)22-17(25)14-9-11-5-1-2-6-12(11)16(24)23-14/h1-9H,10H2,(H,22,25)(H,23,24). The van der Waals surface area contributed by atoms with Crippen LogP contribution in [0.1, 0.15) is 10.5 Å². The number of alkyl halides is 3. The molecule has 1 heterocycles. The Labute approximate surface area is 145 Å². The summed E-state index contributed by atoms with van der Waals surface area (Å²) in [6.07, 6.45) is -4.50. The van der Waals surface area contributed by atoms with E-state index in [2.05, 4.69) is 10.3 Å². The van der Waals surface area contributed by atoms with Gasteiger partial charge in [-0.2, -0.15) is 13.2 Å². The summed E-state index contributed by atoms with van der Waals surface area (Å²) >= 11 is 0. The van der Waals surface area contributed by atoms with Crippen molar-refractivity contribution in [1.29, 1.82) is 0 Å². The fourth-order valence-corrected chi connectivity index (χ4v) is 2.38. The summed E-state index contributed by atoms with van der Waals surface area (Å²) in [5, 5.41) is 3.45. The maximum Gasteiger partial charge on any atom is 0.422 e. The zero-order valence-electron chi connectivity index (χ0n) is 13.3. The fourth-order valence-electron chi connectivity index (χ4n) is 2.38. The number of pyridine rings is 1. The van der Waals surface area contributed by atoms with Crippen LogP contribution < -0.4 is 15.6 Å². The topological polar surface area (TPSA) is 71.2 Å². The van der Waals surface area contributed by atoms with Crippen molar-refractivity contribution in [2.24, 2.45) is 0 Å². The van der Waals surface area contributed by atoms with Gasteiger partial charge >= 0.3 is 6.18 Å². The van der Waals surface area contributed by atoms with Gasteiger partial charge in [0, 0.05) is 5.39 Å². The lowest BCUT2D eigenvalue weighted by molar-refractivity contribution is -0.153. The maximum atomic E-state index is 12.4. The number of carbonyl (C=O) groups is 1. The Balaban J connectivity index is 1.86. The Kier molecular flexibility index (Phi) is 4.66. The molecule has 0 spiro atoms. The van der Waals surface area contributed by atoms with Crippen molar-refractivity contribution in [3.63, 3.8) is 0 Å². The van der Waals surface area contributed by atoms with Crippen LogP contribution in [-0.4, -0.2) is 23.7 Å². The fraction of sp³-hybridized carbons (Fsp3) is 0.111. The molecule has 0 saturated heterocycles. The number of amides is 1. The minimum atomic E-state index is -4.50. The quantitative estimate of drug-likeness (QED) is 0.743. The number of aromatic nitrogens is 1. The average Bonchev–Trinajstić information content (AvgIpc) is 2.60. The number of hydrogen-bond acceptors (Lipinski definition) is 3. The molecule has 134 valence electrons. The highest BCUT2D eigenvalue weighted by atomic mass is 19.4. The van der Waals surface area contributed by atoms with Crippen LogP contribution >= 0.6 is 0 Å². The van der Waals surface area contributed by atoms with Crippen LogP contribution in [0, 0.1) is 0 Å². The molecule has 5 nitrogen and oxygen atoms in total. The third-order valence-corrected chi connectivity index (χ3v) is 3.52. The highest BCUT2D eigenvalue weighted by Gasteiger charge is 2.29. The maximum absolute atomic E-state index is 12.4. The van der Waals surface area contributed by atoms with Crippen molar-refractivity contribution in [2.75, 3.05) is 11.9 Å². The average molecular weight is 362 g/mol. The first-order chi connectivity index (χ1) is 12.3. The number of rotatable bonds is 4. The number of anilines is 1. The summed E-state index contributed by atoms with van der Waals surface area (Å²) in [6.45, 7) is -1.48. The van der Waals surface area contributed by atoms with Crippen molar-refractivity contribution in [3.05, 3.63) is 70.6 Å². The lowest BCUT2D eigenvalue weighted by Crippen LogP contribution is -2.21. The number of hydrogen-bond donors (Lipinski definition) is 2. The van der Waals surface area contributed by atoms with Crippen LogP contribution in [0.2, 0.25) is 0 Å². The zero-order chi connectivity index (χ0) is 18.7. The summed E-state index contributed by atoms with van der Waals surface area (Å²) in [4.78, 5) is 26.9. The summed E-state index contributed by atoms with van der Waals surface area (Å²) in [5.74, 6) is -0.794. The molecule has 2 N–H and O–H groups in total. The summed E-state index contributed by atoms with van der Waals surface area (Å²) in [5.41, 5.74) is -0.384. The first kappa shape index (κ1) is 17.5. The molecule has 3 aromatic rings. The van der Waals surface area contributed by atoms with Gasteiger partial charge in [0.05, 0.1) is 5.69 Å². The molecular weight excluding hydrogens is 349 g/mol. The number of benzene rings is 2. The molecule has 0 unspecified atom stereocenters. The molecule has 3 rings (SSSR count). The van der Waals surface area contributed by atoms with Gasteiger partial charge in [-0.05, 0) is 29.7 Å². The van der Waals surface area contributed by atoms with Gasteiger partial charge in [-0.25, -0.2) is 0 Å². The van der Waals surface area contributed by atoms with E-state index < -0.39 is 24.2 Å². The number of H-pyrrole nitrogens is 1. The van der Waals surface area contributed by atoms with Crippen molar-refractivity contribution in [3.8, 4) is 5.75 Å². The number of nitrogens with one attached hydrogen (secondary N) is 2. The highest BCUT2D eigenvalue weighted by Crippen LogP contribution is 2.26. The minimum Gasteiger partial charge on any atom is -0.482 e. The van der Waals surface area contributed by atoms with E-state index in [-0.39, 0.29) is 17.1 Å². The van der Waals surface area contributed by atoms with Crippen molar-refractivity contribution in [1.82, 2.24) is 4.98 Å². The second kappa shape index (κ2) is 6.91. The van der Waals surface area contributed by atoms with Crippen LogP contribution in [0.3, 0.4) is 0 Å². The molecule has 0 aliphatic heterocycles. The van der Waals surface area contributed by atoms with E-state index in [1.165, 1.54) is 24.3 Å². The molecule has 0 fully saturated rings. The Morgan fingerprint density at radius 2 is 1.77 bits per heavy atom. The normalized spacial score (nSPS) is 11.3. The van der Waals surface area contributed by atoms with E-state index in [4.69, 9.17) is 4.74 Å². The SMILES string of the molecule is O=C(Nc1ccccc1OCC(F)(F)F)c1cc2ccccc2c(=O)[nH]1. The van der Waals surface area contributed by atoms with Gasteiger partial charge in [-0.3, -0.25) is 9.59 Å². The second-order valence-electron chi connectivity index (χ2n) is 5.45. The number of para-hydroxylation sites is 2. The molecule has 2 aromatic carbocycles. The minimum absolute atomic E-state index is 0.0145. The highest BCUT2D eigenvalue weighted by molar-refractivity contribution is 6.05. The Hall–Kier alpha value is -3.29. The molecule has 1 aromatic heterocycles. The summed E-state index contributed by atoms with van der Waals surface area (Å²) in [7, 11) is 0. The molecule has 1 amide bonds. The first-order valence-corrected chi connectivity index (χ1v) is 7.55. The molecule has 0 atom stereocenters. The molecule has 0 aliphatic rings. The van der Waals surface area contributed by atoms with Gasteiger partial charge < -0.3 is 15.0 Å². The predicted octanol–water partition coefficient (Wildman–Crippen LogP) is 3.72. The number of fused-ring (bicyclic) bond motifs is 1. The smallest absolute Gasteiger partial charge is 0.422 e. The van der Waals surface area contributed by atoms with Gasteiger partial charge in [0.25, 0.3) is 11.5 Å². The second-order valence-corrected chi connectivity index (χ2v) is 5.45. The Morgan fingerprint density at radius 3 is 2.54 bits per heavy atom. The van der Waals surface area contributed by atoms with E-state index in [0.29, 0.717) is 10.8 Å². The van der Waals surface area contributed by atoms with Crippen LogP contribution in [0.4, 0.5) is 18.9 Å². The predicted molar refractivity (Wildman–Crippen MR) is 90.5 cm³/mol. The number of ether oxygens (including phenoxy) is 1. The lowest BCUT2D eigenvalue weighted by atomic mass is 10.1. The van der Waals surface area contributed by atoms with Crippen LogP contribution in [0.25, 0.3) is 10.8 Å². The van der Waals surface area contributed by atoms with Crippen LogP contribution in [-0.2, 0) is 0 Å². The van der Waals surface area contributed by atoms with Crippen molar-refractivity contribution in [2.45, 2.75) is 6.18 Å². The van der Waals surface area contributed by atoms with Crippen LogP contribution in [0.5, 0.6) is 5.75 Å². The molecule has 26 heavy (non-hydrogen) atoms. The number of halogens is 3. The van der Waals surface area contributed by atoms with E-state index in [9.17, 15) is 22.8 Å². The molecular formula is C18H13F3N2O3. The summed E-state index contributed by atoms with van der Waals surface area (Å²) < 4.78 is 41.7. The van der Waals surface area contributed by atoms with E-state index in [0.717, 1.165) is 0 Å². The largest absolute Gasteiger partial charge is 0.482 e. The molecule has 0 bridgehead atoms. The Morgan fingerprint density at radius 1 is 1.08 bits per heavy atom. The van der Waals surface area contributed by atoms with Gasteiger partial charge in [0.15, 0.2) is 6.61 Å². The molecule has 0 saturated carbocycles. The van der Waals surface area contributed by atoms with Gasteiger partial charge in [-0.1, -0.05) is 30.3 Å². The van der Waals surface area contributed by atoms with Crippen molar-refractivity contribution >= 4 is 22.4 Å². The number of carbonyl (C=O) groups excluding carboxylic acids is 1. The number of aromatic amines is 1. The third kappa shape index (κ3) is 4.02. The zero-order valence-corrected chi connectivity index (χ0v) is 13.3. The van der Waals surface area contributed by atoms with E-state index in [1.807, 2.05) is 0 Å². The lowest BCUT2D eigenvalue weighted by Gasteiger charge is -2.13. The van der Waals surface area contributed by atoms with Gasteiger partial charge in [0.2, 0.25) is 0 Å². The molecule has 8 heteroatoms. The summed E-state index contributed by atoms with van der Waals surface area (Å²) in [6, 6.07) is 14.0. The molecule has 0 radical (unpaired) electrons. The monoisotopic (exact) mass is 362 g/mol. The van der Waals surface area contributed by atoms with E-state index >= 15 is 0 Å². The Bertz CT molecular complexity index is 1010. The third-order valence-electron chi connectivity index (χ3n) is 3.52. The van der Waals surface area contributed by atoms with Gasteiger partial charge in [-0.15, -0.1) is 0 Å². The van der Waals surface area contributed by atoms with Gasteiger partial charge in [0.1, 0.15) is 11.4 Å². The molecule has 0 aliphatic carbocycles. The van der Waals surface area contributed by atoms with E-state index in [1.54, 1.807) is 30.3 Å². The van der Waals surface area contributed by atoms with Crippen LogP contribution in [0.15, 0.2) is 59.4 Å².